The van der Waals surface area contributed by atoms with Gasteiger partial charge in [0.15, 0.2) is 0 Å². The van der Waals surface area contributed by atoms with Gasteiger partial charge in [-0.2, -0.15) is 0 Å². The summed E-state index contributed by atoms with van der Waals surface area (Å²) >= 11 is 0. The highest BCUT2D eigenvalue weighted by Gasteiger charge is 2.48. The second-order valence-electron chi connectivity index (χ2n) is 12.3. The van der Waals surface area contributed by atoms with Crippen molar-refractivity contribution >= 4 is 21.5 Å². The first-order valence-corrected chi connectivity index (χ1v) is 16.0. The molecule has 9 rings (SSSR count). The number of fused-ring (bicyclic) bond motifs is 5. The topological polar surface area (TPSA) is 40.5 Å². The van der Waals surface area contributed by atoms with Crippen molar-refractivity contribution in [2.75, 3.05) is 0 Å². The Bertz CT molecular complexity index is 2300. The van der Waals surface area contributed by atoms with E-state index in [9.17, 15) is 10.2 Å². The normalized spacial score (nSPS) is 13.0. The molecule has 1 aliphatic rings. The lowest BCUT2D eigenvalue weighted by Crippen LogP contribution is -2.30. The molecule has 8 aromatic carbocycles. The van der Waals surface area contributed by atoms with Crippen molar-refractivity contribution in [1.29, 1.82) is 0 Å². The fourth-order valence-corrected chi connectivity index (χ4v) is 8.10. The average molecular weight is 603 g/mol. The van der Waals surface area contributed by atoms with Crippen molar-refractivity contribution in [3.05, 3.63) is 192 Å². The third kappa shape index (κ3) is 3.85. The van der Waals surface area contributed by atoms with Crippen LogP contribution in [0.5, 0.6) is 11.5 Å². The van der Waals surface area contributed by atoms with Crippen LogP contribution in [0.3, 0.4) is 0 Å². The maximum Gasteiger partial charge on any atom is 0.123 e. The van der Waals surface area contributed by atoms with Gasteiger partial charge >= 0.3 is 0 Å². The van der Waals surface area contributed by atoms with Gasteiger partial charge in [-0.3, -0.25) is 0 Å². The molecule has 8 aromatic rings. The highest BCUT2D eigenvalue weighted by atomic mass is 16.3. The summed E-state index contributed by atoms with van der Waals surface area (Å²) in [5, 5.41) is 25.8. The van der Waals surface area contributed by atoms with E-state index in [0.717, 1.165) is 54.9 Å². The molecule has 222 valence electrons. The second-order valence-corrected chi connectivity index (χ2v) is 12.3. The summed E-state index contributed by atoms with van der Waals surface area (Å²) in [4.78, 5) is 0. The fraction of sp³-hybridized carbons (Fsp3) is 0.0222. The quantitative estimate of drug-likeness (QED) is 0.210. The van der Waals surface area contributed by atoms with Crippen molar-refractivity contribution in [3.63, 3.8) is 0 Å². The lowest BCUT2D eigenvalue weighted by Gasteiger charge is -2.38. The predicted octanol–water partition coefficient (Wildman–Crippen LogP) is 11.1. The molecule has 0 aromatic heterocycles. The lowest BCUT2D eigenvalue weighted by molar-refractivity contribution is 0.481. The molecule has 2 heteroatoms. The number of rotatable bonds is 4. The molecule has 47 heavy (non-hydrogen) atoms. The maximum atomic E-state index is 11.1. The van der Waals surface area contributed by atoms with E-state index in [0.29, 0.717) is 0 Å². The van der Waals surface area contributed by atoms with Crippen LogP contribution in [0.1, 0.15) is 22.3 Å². The smallest absolute Gasteiger partial charge is 0.123 e. The van der Waals surface area contributed by atoms with E-state index in [1.54, 1.807) is 12.1 Å². The van der Waals surface area contributed by atoms with Gasteiger partial charge in [-0.05, 0) is 78.5 Å². The first kappa shape index (κ1) is 27.2. The summed E-state index contributed by atoms with van der Waals surface area (Å²) in [6.45, 7) is 0. The Morgan fingerprint density at radius 3 is 1.15 bits per heavy atom. The number of hydrogen-bond donors (Lipinski definition) is 2. The lowest BCUT2D eigenvalue weighted by atomic mass is 9.63. The van der Waals surface area contributed by atoms with Crippen LogP contribution in [0.15, 0.2) is 170 Å². The fourth-order valence-electron chi connectivity index (χ4n) is 8.10. The number of benzene rings is 8. The van der Waals surface area contributed by atoms with Gasteiger partial charge in [-0.1, -0.05) is 158 Å². The minimum Gasteiger partial charge on any atom is -0.507 e. The highest BCUT2D eigenvalue weighted by Crippen LogP contribution is 2.60. The molecule has 0 atom stereocenters. The summed E-state index contributed by atoms with van der Waals surface area (Å²) in [5.74, 6) is 0.525. The molecule has 0 heterocycles. The van der Waals surface area contributed by atoms with E-state index < -0.39 is 5.41 Å². The summed E-state index contributed by atoms with van der Waals surface area (Å²) < 4.78 is 0. The Morgan fingerprint density at radius 1 is 0.298 bits per heavy atom. The van der Waals surface area contributed by atoms with Crippen molar-refractivity contribution in [1.82, 2.24) is 0 Å². The third-order valence-electron chi connectivity index (χ3n) is 9.96. The van der Waals surface area contributed by atoms with Gasteiger partial charge in [-0.15, -0.1) is 0 Å². The Labute approximate surface area is 273 Å². The molecule has 2 N–H and O–H groups in total. The van der Waals surface area contributed by atoms with Crippen molar-refractivity contribution < 1.29 is 10.2 Å². The van der Waals surface area contributed by atoms with Crippen LogP contribution in [-0.2, 0) is 5.41 Å². The molecule has 0 saturated carbocycles. The Kier molecular flexibility index (Phi) is 6.06. The Hall–Kier alpha value is -6.12. The van der Waals surface area contributed by atoms with Gasteiger partial charge in [0, 0.05) is 10.8 Å². The Balaban J connectivity index is 1.55. The molecular weight excluding hydrogens is 572 g/mol. The van der Waals surface area contributed by atoms with Crippen LogP contribution in [0, 0.1) is 0 Å². The number of aromatic hydroxyl groups is 2. The molecule has 0 aliphatic heterocycles. The molecule has 2 nitrogen and oxygen atoms in total. The SMILES string of the molecule is Oc1cccc2c(-c3ccccc3)c(C3(c4ccc5c(O)cccc5c4-c4ccccc4)c4ccccc4-c4ccccc43)ccc12. The second kappa shape index (κ2) is 10.5. The molecule has 0 fully saturated rings. The number of phenols is 2. The summed E-state index contributed by atoms with van der Waals surface area (Å²) in [5.41, 5.74) is 10.7. The molecule has 0 spiro atoms. The minimum atomic E-state index is -0.747. The first-order chi connectivity index (χ1) is 23.2. The van der Waals surface area contributed by atoms with Crippen molar-refractivity contribution in [2.24, 2.45) is 0 Å². The van der Waals surface area contributed by atoms with Crippen LogP contribution in [-0.4, -0.2) is 10.2 Å². The van der Waals surface area contributed by atoms with E-state index in [4.69, 9.17) is 0 Å². The molecular formula is C45H30O2. The van der Waals surface area contributed by atoms with E-state index in [1.807, 2.05) is 24.3 Å². The van der Waals surface area contributed by atoms with Gasteiger partial charge < -0.3 is 10.2 Å². The minimum absolute atomic E-state index is 0.263. The monoisotopic (exact) mass is 602 g/mol. The van der Waals surface area contributed by atoms with Gasteiger partial charge in [0.1, 0.15) is 11.5 Å². The molecule has 1 aliphatic carbocycles. The first-order valence-electron chi connectivity index (χ1n) is 16.0. The summed E-state index contributed by atoms with van der Waals surface area (Å²) in [7, 11) is 0. The zero-order valence-electron chi connectivity index (χ0n) is 25.6. The standard InChI is InChI=1S/C45H30O2/c46-41-23-11-19-35-33(41)25-27-39(43(35)29-13-3-1-4-14-29)45(37-21-9-7-17-31(37)32-18-8-10-22-38(32)45)40-28-26-34-36(20-12-24-42(34)47)44(40)30-15-5-2-6-16-30/h1-28,46-47H. The Morgan fingerprint density at radius 2 is 0.702 bits per heavy atom. The summed E-state index contributed by atoms with van der Waals surface area (Å²) in [6.07, 6.45) is 0. The summed E-state index contributed by atoms with van der Waals surface area (Å²) in [6, 6.07) is 58.9. The van der Waals surface area contributed by atoms with Gasteiger partial charge in [0.2, 0.25) is 0 Å². The van der Waals surface area contributed by atoms with E-state index in [2.05, 4.69) is 133 Å². The van der Waals surface area contributed by atoms with Crippen LogP contribution in [0.4, 0.5) is 0 Å². The number of hydrogen-bond acceptors (Lipinski definition) is 2. The van der Waals surface area contributed by atoms with Gasteiger partial charge in [-0.25, -0.2) is 0 Å². The zero-order valence-corrected chi connectivity index (χ0v) is 25.6. The van der Waals surface area contributed by atoms with Gasteiger partial charge in [0.25, 0.3) is 0 Å². The molecule has 0 amide bonds. The van der Waals surface area contributed by atoms with Crippen molar-refractivity contribution in [2.45, 2.75) is 5.41 Å². The largest absolute Gasteiger partial charge is 0.507 e. The van der Waals surface area contributed by atoms with Crippen LogP contribution in [0.2, 0.25) is 0 Å². The average Bonchev–Trinajstić information content (AvgIpc) is 3.43. The zero-order chi connectivity index (χ0) is 31.5. The van der Waals surface area contributed by atoms with Crippen LogP contribution in [0.25, 0.3) is 54.9 Å². The molecule has 0 bridgehead atoms. The molecule has 0 saturated heterocycles. The molecule has 0 unspecified atom stereocenters. The predicted molar refractivity (Wildman–Crippen MR) is 193 cm³/mol. The van der Waals surface area contributed by atoms with Crippen LogP contribution >= 0.6 is 0 Å². The van der Waals surface area contributed by atoms with E-state index in [1.165, 1.54) is 22.3 Å². The van der Waals surface area contributed by atoms with Crippen LogP contribution < -0.4 is 0 Å². The van der Waals surface area contributed by atoms with E-state index >= 15 is 0 Å². The number of phenolic OH excluding ortho intramolecular Hbond substituents is 2. The highest BCUT2D eigenvalue weighted by molar-refractivity contribution is 6.06. The van der Waals surface area contributed by atoms with Crippen molar-refractivity contribution in [3.8, 4) is 44.9 Å². The maximum absolute atomic E-state index is 11.1. The van der Waals surface area contributed by atoms with Gasteiger partial charge in [0.05, 0.1) is 5.41 Å². The van der Waals surface area contributed by atoms with E-state index in [-0.39, 0.29) is 11.5 Å². The third-order valence-corrected chi connectivity index (χ3v) is 9.96. The molecule has 0 radical (unpaired) electrons.